The molecule has 1 aliphatic rings. The number of benzene rings is 1. The number of amides is 1. The van der Waals surface area contributed by atoms with Gasteiger partial charge in [-0.15, -0.1) is 11.3 Å². The number of carbonyl (C=O) groups is 1. The van der Waals surface area contributed by atoms with Gasteiger partial charge in [0.1, 0.15) is 10.6 Å². The van der Waals surface area contributed by atoms with Crippen molar-refractivity contribution in [1.82, 2.24) is 15.1 Å². The minimum absolute atomic E-state index is 0.0193. The van der Waals surface area contributed by atoms with Gasteiger partial charge in [0.15, 0.2) is 0 Å². The molecule has 2 heterocycles. The van der Waals surface area contributed by atoms with Gasteiger partial charge in [0.05, 0.1) is 17.1 Å². The maximum atomic E-state index is 13.1. The first-order chi connectivity index (χ1) is 12.6. The molecule has 4 rings (SSSR count). The minimum atomic E-state index is -0.242. The van der Waals surface area contributed by atoms with E-state index in [1.807, 2.05) is 17.7 Å². The van der Waals surface area contributed by atoms with Crippen LogP contribution in [0.2, 0.25) is 0 Å². The van der Waals surface area contributed by atoms with Crippen LogP contribution in [0.25, 0.3) is 10.2 Å². The van der Waals surface area contributed by atoms with Crippen molar-refractivity contribution in [2.45, 2.75) is 51.6 Å². The standard InChI is InChI=1S/C20H22FN3OS/c1-13-17-11-18(19(25)22-16-5-3-2-4-6-16)26-20(17)24(23-13)12-14-7-9-15(21)10-8-14/h7-11,16H,2-6,12H2,1H3,(H,22,25). The number of rotatable bonds is 4. The van der Waals surface area contributed by atoms with Gasteiger partial charge in [0, 0.05) is 11.4 Å². The lowest BCUT2D eigenvalue weighted by Gasteiger charge is -2.22. The van der Waals surface area contributed by atoms with Crippen molar-refractivity contribution in [3.8, 4) is 0 Å². The molecule has 1 aliphatic carbocycles. The molecule has 0 unspecified atom stereocenters. The largest absolute Gasteiger partial charge is 0.349 e. The van der Waals surface area contributed by atoms with E-state index < -0.39 is 0 Å². The summed E-state index contributed by atoms with van der Waals surface area (Å²) in [5.74, 6) is -0.223. The summed E-state index contributed by atoms with van der Waals surface area (Å²) < 4.78 is 15.0. The Kier molecular flexibility index (Phi) is 4.76. The van der Waals surface area contributed by atoms with Crippen LogP contribution in [0.5, 0.6) is 0 Å². The number of carbonyl (C=O) groups excluding carboxylic acids is 1. The molecule has 4 nitrogen and oxygen atoms in total. The number of hydrogen-bond donors (Lipinski definition) is 1. The lowest BCUT2D eigenvalue weighted by Crippen LogP contribution is -2.35. The molecule has 2 aromatic heterocycles. The quantitative estimate of drug-likeness (QED) is 0.725. The number of hydrogen-bond acceptors (Lipinski definition) is 3. The van der Waals surface area contributed by atoms with Crippen LogP contribution < -0.4 is 5.32 Å². The molecule has 0 aliphatic heterocycles. The van der Waals surface area contributed by atoms with E-state index in [1.165, 1.54) is 42.7 Å². The van der Waals surface area contributed by atoms with Crippen LogP contribution in [-0.2, 0) is 6.54 Å². The van der Waals surface area contributed by atoms with Crippen LogP contribution in [0.15, 0.2) is 30.3 Å². The fourth-order valence-corrected chi connectivity index (χ4v) is 4.66. The number of thiophene rings is 1. The first-order valence-electron chi connectivity index (χ1n) is 9.12. The van der Waals surface area contributed by atoms with Gasteiger partial charge in [-0.05, 0) is 43.5 Å². The Morgan fingerprint density at radius 1 is 1.27 bits per heavy atom. The molecule has 0 radical (unpaired) electrons. The van der Waals surface area contributed by atoms with Crippen LogP contribution in [0.3, 0.4) is 0 Å². The molecule has 1 saturated carbocycles. The van der Waals surface area contributed by atoms with E-state index in [0.29, 0.717) is 12.6 Å². The van der Waals surface area contributed by atoms with Crippen LogP contribution >= 0.6 is 11.3 Å². The van der Waals surface area contributed by atoms with Crippen LogP contribution in [-0.4, -0.2) is 21.7 Å². The summed E-state index contributed by atoms with van der Waals surface area (Å²) in [7, 11) is 0. The molecule has 1 aromatic carbocycles. The lowest BCUT2D eigenvalue weighted by molar-refractivity contribution is 0.0932. The van der Waals surface area contributed by atoms with E-state index >= 15 is 0 Å². The van der Waals surface area contributed by atoms with Crippen molar-refractivity contribution in [2.24, 2.45) is 0 Å². The van der Waals surface area contributed by atoms with Gasteiger partial charge < -0.3 is 5.32 Å². The SMILES string of the molecule is Cc1nn(Cc2ccc(F)cc2)c2sc(C(=O)NC3CCCCC3)cc12. The van der Waals surface area contributed by atoms with E-state index in [1.54, 1.807) is 12.1 Å². The molecule has 3 aromatic rings. The smallest absolute Gasteiger partial charge is 0.261 e. The van der Waals surface area contributed by atoms with Crippen molar-refractivity contribution in [3.63, 3.8) is 0 Å². The van der Waals surface area contributed by atoms with Crippen molar-refractivity contribution >= 4 is 27.5 Å². The van der Waals surface area contributed by atoms with Gasteiger partial charge in [0.2, 0.25) is 0 Å². The average Bonchev–Trinajstić information content (AvgIpc) is 3.20. The Bertz CT molecular complexity index is 923. The summed E-state index contributed by atoms with van der Waals surface area (Å²) in [6.45, 7) is 2.52. The van der Waals surface area contributed by atoms with E-state index in [9.17, 15) is 9.18 Å². The highest BCUT2D eigenvalue weighted by molar-refractivity contribution is 7.20. The molecule has 0 spiro atoms. The maximum Gasteiger partial charge on any atom is 0.261 e. The zero-order valence-electron chi connectivity index (χ0n) is 14.8. The Labute approximate surface area is 156 Å². The normalized spacial score (nSPS) is 15.5. The van der Waals surface area contributed by atoms with E-state index in [0.717, 1.165) is 39.2 Å². The topological polar surface area (TPSA) is 46.9 Å². The van der Waals surface area contributed by atoms with Crippen molar-refractivity contribution < 1.29 is 9.18 Å². The minimum Gasteiger partial charge on any atom is -0.349 e. The molecule has 26 heavy (non-hydrogen) atoms. The molecule has 0 atom stereocenters. The second kappa shape index (κ2) is 7.19. The molecule has 0 saturated heterocycles. The molecule has 1 amide bonds. The third-order valence-corrected chi connectivity index (χ3v) is 6.16. The highest BCUT2D eigenvalue weighted by Gasteiger charge is 2.20. The predicted octanol–water partition coefficient (Wildman–Crippen LogP) is 4.66. The third kappa shape index (κ3) is 3.51. The fourth-order valence-electron chi connectivity index (χ4n) is 3.60. The van der Waals surface area contributed by atoms with Gasteiger partial charge in [-0.1, -0.05) is 31.4 Å². The van der Waals surface area contributed by atoms with Gasteiger partial charge in [-0.3, -0.25) is 9.48 Å². The maximum absolute atomic E-state index is 13.1. The number of halogens is 1. The van der Waals surface area contributed by atoms with Crippen molar-refractivity contribution in [3.05, 3.63) is 52.3 Å². The van der Waals surface area contributed by atoms with Crippen LogP contribution in [0.1, 0.15) is 53.0 Å². The van der Waals surface area contributed by atoms with Gasteiger partial charge >= 0.3 is 0 Å². The first kappa shape index (κ1) is 17.2. The molecular formula is C20H22FN3OS. The third-order valence-electron chi connectivity index (χ3n) is 5.02. The summed E-state index contributed by atoms with van der Waals surface area (Å²) in [4.78, 5) is 14.3. The van der Waals surface area contributed by atoms with Crippen LogP contribution in [0, 0.1) is 12.7 Å². The summed E-state index contributed by atoms with van der Waals surface area (Å²) in [5.41, 5.74) is 1.90. The number of nitrogens with one attached hydrogen (secondary N) is 1. The Hall–Kier alpha value is -2.21. The summed E-state index contributed by atoms with van der Waals surface area (Å²) >= 11 is 1.48. The average molecular weight is 371 g/mol. The number of nitrogens with zero attached hydrogens (tertiary/aromatic N) is 2. The molecule has 0 bridgehead atoms. The zero-order chi connectivity index (χ0) is 18.1. The number of fused-ring (bicyclic) bond motifs is 1. The van der Waals surface area contributed by atoms with Gasteiger partial charge in [-0.2, -0.15) is 5.10 Å². The molecule has 136 valence electrons. The van der Waals surface area contributed by atoms with Crippen molar-refractivity contribution in [2.75, 3.05) is 0 Å². The monoisotopic (exact) mass is 371 g/mol. The second-order valence-corrected chi connectivity index (χ2v) is 8.04. The van der Waals surface area contributed by atoms with Gasteiger partial charge in [0.25, 0.3) is 5.91 Å². The fraction of sp³-hybridized carbons (Fsp3) is 0.400. The number of aromatic nitrogens is 2. The molecular weight excluding hydrogens is 349 g/mol. The van der Waals surface area contributed by atoms with E-state index in [4.69, 9.17) is 0 Å². The molecule has 1 fully saturated rings. The lowest BCUT2D eigenvalue weighted by atomic mass is 9.95. The number of aryl methyl sites for hydroxylation is 1. The summed E-state index contributed by atoms with van der Waals surface area (Å²) in [6, 6.07) is 8.70. The Morgan fingerprint density at radius 2 is 2.00 bits per heavy atom. The van der Waals surface area contributed by atoms with Crippen LogP contribution in [0.4, 0.5) is 4.39 Å². The summed E-state index contributed by atoms with van der Waals surface area (Å²) in [5, 5.41) is 8.79. The highest BCUT2D eigenvalue weighted by Crippen LogP contribution is 2.29. The first-order valence-corrected chi connectivity index (χ1v) is 9.94. The molecule has 6 heteroatoms. The summed E-state index contributed by atoms with van der Waals surface area (Å²) in [6.07, 6.45) is 5.82. The Morgan fingerprint density at radius 3 is 2.73 bits per heavy atom. The highest BCUT2D eigenvalue weighted by atomic mass is 32.1. The van der Waals surface area contributed by atoms with E-state index in [2.05, 4.69) is 10.4 Å². The zero-order valence-corrected chi connectivity index (χ0v) is 15.6. The Balaban J connectivity index is 1.56. The van der Waals surface area contributed by atoms with Gasteiger partial charge in [-0.25, -0.2) is 4.39 Å². The predicted molar refractivity (Wildman–Crippen MR) is 102 cm³/mol. The molecule has 1 N–H and O–H groups in total. The van der Waals surface area contributed by atoms with E-state index in [-0.39, 0.29) is 11.7 Å². The second-order valence-electron chi connectivity index (χ2n) is 7.01. The van der Waals surface area contributed by atoms with Crippen molar-refractivity contribution in [1.29, 1.82) is 0 Å².